The Hall–Kier alpha value is -3.52. The van der Waals surface area contributed by atoms with E-state index in [9.17, 15) is 27.6 Å². The number of Topliss-reactive ketones (excluding diaryl/α,β-unsaturated/α-hetero) is 1. The van der Waals surface area contributed by atoms with Crippen LogP contribution in [-0.4, -0.2) is 72.8 Å². The molecule has 4 atom stereocenters. The minimum atomic E-state index is -4.33. The monoisotopic (exact) mass is 688 g/mol. The number of allylic oxidation sites excluding steroid dienone is 2. The number of amides is 3. The first-order valence-electron chi connectivity index (χ1n) is 16.3. The van der Waals surface area contributed by atoms with Gasteiger partial charge < -0.3 is 19.7 Å². The van der Waals surface area contributed by atoms with Crippen LogP contribution in [0.5, 0.6) is 5.75 Å². The van der Waals surface area contributed by atoms with E-state index in [0.717, 1.165) is 30.6 Å². The van der Waals surface area contributed by atoms with E-state index in [2.05, 4.69) is 15.0 Å². The number of sulfonamides is 1. The zero-order valence-electron chi connectivity index (χ0n) is 27.4. The lowest BCUT2D eigenvalue weighted by Crippen LogP contribution is -2.52. The number of carbonyl (C=O) groups excluding carboxylic acids is 4. The number of aromatic nitrogens is 1. The molecule has 0 radical (unpaired) electrons. The average molecular weight is 689 g/mol. The van der Waals surface area contributed by atoms with E-state index in [4.69, 9.17) is 9.47 Å². The van der Waals surface area contributed by atoms with E-state index in [1.165, 1.54) is 4.90 Å². The van der Waals surface area contributed by atoms with Crippen molar-refractivity contribution in [2.45, 2.75) is 108 Å². The number of hydrogen-bond acceptors (Lipinski definition) is 10. The topological polar surface area (TPSA) is 161 Å². The number of carbonyl (C=O) groups is 4. The molecule has 3 aliphatic rings. The number of benzene rings is 1. The summed E-state index contributed by atoms with van der Waals surface area (Å²) in [4.78, 5) is 60.0. The molecule has 1 saturated heterocycles. The van der Waals surface area contributed by atoms with E-state index in [-0.39, 0.29) is 28.4 Å². The maximum atomic E-state index is 13.9. The molecule has 1 aliphatic carbocycles. The Morgan fingerprint density at radius 1 is 1.13 bits per heavy atom. The van der Waals surface area contributed by atoms with Crippen LogP contribution in [-0.2, 0) is 29.1 Å². The van der Waals surface area contributed by atoms with Crippen molar-refractivity contribution in [2.75, 3.05) is 13.2 Å². The summed E-state index contributed by atoms with van der Waals surface area (Å²) in [5.41, 5.74) is -1.56. The number of hydrogen-bond donors (Lipinski definition) is 2. The molecule has 1 saturated carbocycles. The molecule has 3 amide bonds. The number of nitrogens with zero attached hydrogens (tertiary/aromatic N) is 2. The smallest absolute Gasteiger partial charge is 0.408 e. The summed E-state index contributed by atoms with van der Waals surface area (Å²) in [5.74, 6) is -1.15. The number of nitrogens with one attached hydrogen (secondary N) is 2. The van der Waals surface area contributed by atoms with Crippen LogP contribution in [0, 0.1) is 11.3 Å². The van der Waals surface area contributed by atoms with Gasteiger partial charge in [-0.15, -0.1) is 11.3 Å². The van der Waals surface area contributed by atoms with Gasteiger partial charge in [0.1, 0.15) is 17.4 Å². The highest BCUT2D eigenvalue weighted by molar-refractivity contribution is 7.92. The summed E-state index contributed by atoms with van der Waals surface area (Å²) in [5, 5.41) is 2.73. The van der Waals surface area contributed by atoms with Gasteiger partial charge in [-0.25, -0.2) is 14.5 Å². The van der Waals surface area contributed by atoms with Crippen LogP contribution in [0.15, 0.2) is 34.7 Å². The van der Waals surface area contributed by atoms with Gasteiger partial charge >= 0.3 is 6.09 Å². The Kier molecular flexibility index (Phi) is 10.3. The highest BCUT2D eigenvalue weighted by Gasteiger charge is 2.61. The van der Waals surface area contributed by atoms with Crippen molar-refractivity contribution in [3.05, 3.63) is 30.4 Å². The molecule has 0 bridgehead atoms. The maximum Gasteiger partial charge on any atom is 0.408 e. The fourth-order valence-corrected chi connectivity index (χ4v) is 8.67. The average Bonchev–Trinajstić information content (AvgIpc) is 3.31. The van der Waals surface area contributed by atoms with E-state index >= 15 is 0 Å². The van der Waals surface area contributed by atoms with Crippen molar-refractivity contribution in [1.82, 2.24) is 19.9 Å². The van der Waals surface area contributed by atoms with E-state index < -0.39 is 45.1 Å². The van der Waals surface area contributed by atoms with Gasteiger partial charge in [0.25, 0.3) is 10.0 Å². The first-order valence-corrected chi connectivity index (χ1v) is 18.6. The molecule has 47 heavy (non-hydrogen) atoms. The summed E-state index contributed by atoms with van der Waals surface area (Å²) in [6.07, 6.45) is 7.80. The lowest BCUT2D eigenvalue weighted by Gasteiger charge is -2.30. The summed E-state index contributed by atoms with van der Waals surface area (Å²) < 4.78 is 40.4. The SMILES string of the molecule is CCOc1ccc2sc(S(=O)(=O)NC(=O)[C@]34CC(=O)[C@@H]5CCCN5C(=O)[C@@H](NC(=O)OC(C)(C)C)CCCCC/C=C\[C@@H]3C4)nc2c1. The summed E-state index contributed by atoms with van der Waals surface area (Å²) in [6, 6.07) is 3.48. The first-order chi connectivity index (χ1) is 22.2. The molecule has 256 valence electrons. The molecule has 1 aromatic heterocycles. The number of rotatable bonds is 6. The van der Waals surface area contributed by atoms with Crippen molar-refractivity contribution in [3.63, 3.8) is 0 Å². The second-order valence-corrected chi connectivity index (χ2v) is 16.4. The Labute approximate surface area is 279 Å². The molecule has 5 rings (SSSR count). The molecule has 3 heterocycles. The van der Waals surface area contributed by atoms with Crippen molar-refractivity contribution in [3.8, 4) is 5.75 Å². The first kappa shape index (κ1) is 34.8. The van der Waals surface area contributed by atoms with Crippen LogP contribution in [0.25, 0.3) is 10.2 Å². The van der Waals surface area contributed by atoms with Gasteiger partial charge in [-0.2, -0.15) is 8.42 Å². The molecule has 2 aliphatic heterocycles. The fraction of sp³-hybridized carbons (Fsp3) is 0.606. The quantitative estimate of drug-likeness (QED) is 0.404. The maximum absolute atomic E-state index is 13.9. The Morgan fingerprint density at radius 2 is 1.91 bits per heavy atom. The van der Waals surface area contributed by atoms with E-state index in [0.29, 0.717) is 61.2 Å². The minimum Gasteiger partial charge on any atom is -0.494 e. The Balaban J connectivity index is 1.36. The second kappa shape index (κ2) is 13.9. The van der Waals surface area contributed by atoms with Gasteiger partial charge in [0, 0.05) is 19.0 Å². The van der Waals surface area contributed by atoms with Crippen molar-refractivity contribution < 1.29 is 37.1 Å². The van der Waals surface area contributed by atoms with Crippen molar-refractivity contribution >= 4 is 55.3 Å². The second-order valence-electron chi connectivity index (χ2n) is 13.5. The third kappa shape index (κ3) is 8.14. The van der Waals surface area contributed by atoms with Crippen molar-refractivity contribution in [2.24, 2.45) is 11.3 Å². The van der Waals surface area contributed by atoms with Crippen LogP contribution in [0.4, 0.5) is 4.79 Å². The molecule has 2 aromatic rings. The number of ketones is 1. The third-order valence-corrected chi connectivity index (χ3v) is 11.6. The molecule has 14 heteroatoms. The highest BCUT2D eigenvalue weighted by Crippen LogP contribution is 2.57. The lowest BCUT2D eigenvalue weighted by molar-refractivity contribution is -0.140. The van der Waals surface area contributed by atoms with Gasteiger partial charge in [-0.3, -0.25) is 14.4 Å². The van der Waals surface area contributed by atoms with Crippen molar-refractivity contribution in [1.29, 1.82) is 0 Å². The standard InChI is InChI=1S/C33H44N4O8S2/c1-5-44-22-15-16-27-24(18-22)35-31(46-27)47(42,43)36-29(40)33-19-21(33)12-9-7-6-8-10-13-23(34-30(41)45-32(2,3)4)28(39)37-17-11-14-25(37)26(38)20-33/h9,12,15-16,18,21,23,25H,5-8,10-11,13-14,17,19-20H2,1-4H3,(H,34,41)(H,36,40)/b12-9-/t21-,23+,25+,33-/m1/s1. The van der Waals surface area contributed by atoms with E-state index in [1.54, 1.807) is 39.0 Å². The van der Waals surface area contributed by atoms with Crippen LogP contribution >= 0.6 is 11.3 Å². The molecule has 12 nitrogen and oxygen atoms in total. The normalized spacial score (nSPS) is 26.4. The molecule has 2 fully saturated rings. The number of alkyl carbamates (subject to hydrolysis) is 1. The van der Waals surface area contributed by atoms with Gasteiger partial charge in [-0.05, 0) is 84.3 Å². The third-order valence-electron chi connectivity index (χ3n) is 8.81. The molecular weight excluding hydrogens is 645 g/mol. The van der Waals surface area contributed by atoms with Crippen LogP contribution < -0.4 is 14.8 Å². The Bertz CT molecular complexity index is 1660. The zero-order valence-corrected chi connectivity index (χ0v) is 29.0. The van der Waals surface area contributed by atoms with Crippen LogP contribution in [0.2, 0.25) is 0 Å². The Morgan fingerprint density at radius 3 is 2.66 bits per heavy atom. The van der Waals surface area contributed by atoms with Crippen LogP contribution in [0.1, 0.15) is 85.5 Å². The molecule has 2 N–H and O–H groups in total. The molecule has 1 aromatic carbocycles. The number of thiazole rings is 1. The molecule has 0 unspecified atom stereocenters. The largest absolute Gasteiger partial charge is 0.494 e. The van der Waals surface area contributed by atoms with E-state index in [1.807, 2.05) is 19.1 Å². The van der Waals surface area contributed by atoms with Gasteiger partial charge in [0.2, 0.25) is 16.2 Å². The number of fused-ring (bicyclic) bond motifs is 3. The summed E-state index contributed by atoms with van der Waals surface area (Å²) in [7, 11) is -4.33. The van der Waals surface area contributed by atoms with Gasteiger partial charge in [-0.1, -0.05) is 25.0 Å². The zero-order chi connectivity index (χ0) is 34.0. The summed E-state index contributed by atoms with van der Waals surface area (Å²) >= 11 is 0.944. The predicted octanol–water partition coefficient (Wildman–Crippen LogP) is 4.87. The van der Waals surface area contributed by atoms with Gasteiger partial charge in [0.15, 0.2) is 5.78 Å². The lowest BCUT2D eigenvalue weighted by atomic mass is 9.91. The summed E-state index contributed by atoms with van der Waals surface area (Å²) in [6.45, 7) is 7.87. The minimum absolute atomic E-state index is 0.209. The number of ether oxygens (including phenoxy) is 2. The highest BCUT2D eigenvalue weighted by atomic mass is 32.2. The molecule has 0 spiro atoms. The fourth-order valence-electron chi connectivity index (χ4n) is 6.40. The predicted molar refractivity (Wildman–Crippen MR) is 176 cm³/mol. The van der Waals surface area contributed by atoms with Gasteiger partial charge in [0.05, 0.1) is 28.3 Å². The molecular formula is C33H44N4O8S2. The van der Waals surface area contributed by atoms with Crippen LogP contribution in [0.3, 0.4) is 0 Å².